The van der Waals surface area contributed by atoms with Crippen molar-refractivity contribution in [2.45, 2.75) is 71.0 Å². The second kappa shape index (κ2) is 11.9. The number of amides is 1. The van der Waals surface area contributed by atoms with Gasteiger partial charge < -0.3 is 10.0 Å². The monoisotopic (exact) mass is 582 g/mol. The molecule has 1 fully saturated rings. The quantitative estimate of drug-likeness (QED) is 0.371. The van der Waals surface area contributed by atoms with Gasteiger partial charge in [0.1, 0.15) is 0 Å². The highest BCUT2D eigenvalue weighted by molar-refractivity contribution is 7.89. The number of hydrogen-bond acceptors (Lipinski definition) is 4. The minimum Gasteiger partial charge on any atom is -0.481 e. The molecule has 1 aliphatic rings. The number of aliphatic carboxylic acids is 1. The highest BCUT2D eigenvalue weighted by Gasteiger charge is 2.53. The first kappa shape index (κ1) is 30.4. The van der Waals surface area contributed by atoms with Crippen LogP contribution in [0.1, 0.15) is 70.0 Å². The van der Waals surface area contributed by atoms with Crippen molar-refractivity contribution in [1.82, 2.24) is 9.21 Å². The molecule has 0 bridgehead atoms. The fraction of sp³-hybridized carbons (Fsp3) is 0.500. The Kier molecular flexibility index (Phi) is 9.56. The van der Waals surface area contributed by atoms with E-state index < -0.39 is 39.5 Å². The number of carbonyl (C=O) groups is 2. The first-order valence-corrected chi connectivity index (χ1v) is 15.1. The Hall–Kier alpha value is -2.13. The van der Waals surface area contributed by atoms with E-state index in [4.69, 9.17) is 23.2 Å². The molecule has 1 N–H and O–H groups in total. The lowest BCUT2D eigenvalue weighted by atomic mass is 9.66. The number of hydrogen-bond donors (Lipinski definition) is 1. The summed E-state index contributed by atoms with van der Waals surface area (Å²) in [6.45, 7) is 6.99. The number of likely N-dealkylation sites (N-methyl/N-ethyl adjacent to an activating group) is 1. The fourth-order valence-electron chi connectivity index (χ4n) is 5.71. The minimum atomic E-state index is -3.55. The predicted molar refractivity (Wildman–Crippen MR) is 151 cm³/mol. The average molecular weight is 584 g/mol. The van der Waals surface area contributed by atoms with Crippen LogP contribution in [0.15, 0.2) is 48.5 Å². The second-order valence-corrected chi connectivity index (χ2v) is 13.5. The number of carbonyl (C=O) groups excluding carboxylic acids is 1. The molecule has 38 heavy (non-hydrogen) atoms. The molecule has 0 aromatic heterocycles. The van der Waals surface area contributed by atoms with E-state index in [9.17, 15) is 23.1 Å². The van der Waals surface area contributed by atoms with Crippen LogP contribution in [-0.4, -0.2) is 59.5 Å². The molecule has 0 saturated carbocycles. The van der Waals surface area contributed by atoms with E-state index in [1.54, 1.807) is 43.9 Å². The second-order valence-electron chi connectivity index (χ2n) is 10.3. The van der Waals surface area contributed by atoms with Crippen LogP contribution in [0.25, 0.3) is 0 Å². The van der Waals surface area contributed by atoms with Crippen molar-refractivity contribution in [3.8, 4) is 0 Å². The minimum absolute atomic E-state index is 0.0687. The van der Waals surface area contributed by atoms with Crippen LogP contribution in [0.2, 0.25) is 10.0 Å². The van der Waals surface area contributed by atoms with Crippen LogP contribution in [0.5, 0.6) is 0 Å². The summed E-state index contributed by atoms with van der Waals surface area (Å²) in [6.07, 6.45) is 0.406. The lowest BCUT2D eigenvalue weighted by Crippen LogP contribution is -2.60. The van der Waals surface area contributed by atoms with Crippen LogP contribution in [0.4, 0.5) is 0 Å². The third-order valence-corrected chi connectivity index (χ3v) is 10.3. The van der Waals surface area contributed by atoms with Gasteiger partial charge in [-0.25, -0.2) is 12.7 Å². The van der Waals surface area contributed by atoms with Gasteiger partial charge in [-0.2, -0.15) is 0 Å². The zero-order valence-electron chi connectivity index (χ0n) is 22.4. The van der Waals surface area contributed by atoms with Crippen LogP contribution in [0, 0.1) is 5.41 Å². The molecule has 1 aliphatic heterocycles. The molecule has 1 amide bonds. The highest BCUT2D eigenvalue weighted by atomic mass is 35.5. The molecule has 7 nitrogen and oxygen atoms in total. The van der Waals surface area contributed by atoms with Gasteiger partial charge in [0.15, 0.2) is 0 Å². The number of carboxylic acids is 1. The van der Waals surface area contributed by atoms with E-state index >= 15 is 0 Å². The third kappa shape index (κ3) is 6.19. The molecule has 2 aromatic carbocycles. The molecule has 208 valence electrons. The van der Waals surface area contributed by atoms with Gasteiger partial charge >= 0.3 is 5.97 Å². The number of likely N-dealkylation sites (tertiary alicyclic amines) is 1. The summed E-state index contributed by atoms with van der Waals surface area (Å²) < 4.78 is 27.0. The first-order chi connectivity index (χ1) is 17.8. The SMILES string of the molecule is CCC(C(C)N(C)S(=O)(=O)CC)N1C(=O)C(C)(CC(=O)O)CC(c2cccc(Cl)c2)C1c1ccc(Cl)cc1. The summed E-state index contributed by atoms with van der Waals surface area (Å²) in [7, 11) is -2.02. The van der Waals surface area contributed by atoms with Crippen molar-refractivity contribution in [2.75, 3.05) is 12.8 Å². The maximum atomic E-state index is 14.4. The molecule has 2 aromatic rings. The zero-order valence-corrected chi connectivity index (χ0v) is 24.7. The summed E-state index contributed by atoms with van der Waals surface area (Å²) in [4.78, 5) is 28.1. The number of halogens is 2. The van der Waals surface area contributed by atoms with E-state index in [-0.39, 0.29) is 30.4 Å². The van der Waals surface area contributed by atoms with Crippen LogP contribution >= 0.6 is 23.2 Å². The van der Waals surface area contributed by atoms with E-state index in [1.807, 2.05) is 37.3 Å². The summed E-state index contributed by atoms with van der Waals surface area (Å²) in [5.41, 5.74) is 0.497. The molecule has 1 heterocycles. The molecule has 3 rings (SSSR count). The average Bonchev–Trinajstić information content (AvgIpc) is 2.86. The maximum absolute atomic E-state index is 14.4. The Morgan fingerprint density at radius 1 is 1.13 bits per heavy atom. The van der Waals surface area contributed by atoms with E-state index in [1.165, 1.54) is 11.4 Å². The molecule has 5 atom stereocenters. The standard InChI is InChI=1S/C28H36Cl2N2O5S/c1-6-24(18(3)31(5)38(36,37)7-2)32-26(19-11-13-21(29)14-12-19)23(20-9-8-10-22(30)15-20)16-28(4,27(32)35)17-25(33)34/h8-15,18,23-24,26H,6-7,16-17H2,1-5H3,(H,33,34). The molecule has 0 aliphatic carbocycles. The summed E-state index contributed by atoms with van der Waals surface area (Å²) >= 11 is 12.6. The smallest absolute Gasteiger partial charge is 0.304 e. The fourth-order valence-corrected chi connectivity index (χ4v) is 7.09. The van der Waals surface area contributed by atoms with Gasteiger partial charge in [-0.05, 0) is 62.1 Å². The van der Waals surface area contributed by atoms with Gasteiger partial charge in [0.05, 0.1) is 23.6 Å². The third-order valence-electron chi connectivity index (χ3n) is 7.84. The Morgan fingerprint density at radius 3 is 2.29 bits per heavy atom. The topological polar surface area (TPSA) is 95.0 Å². The normalized spacial score (nSPS) is 23.9. The van der Waals surface area contributed by atoms with Crippen molar-refractivity contribution >= 4 is 45.1 Å². The van der Waals surface area contributed by atoms with Crippen molar-refractivity contribution < 1.29 is 23.1 Å². The Morgan fingerprint density at radius 2 is 1.76 bits per heavy atom. The molecular weight excluding hydrogens is 547 g/mol. The first-order valence-electron chi connectivity index (χ1n) is 12.8. The van der Waals surface area contributed by atoms with E-state index in [0.717, 1.165) is 11.1 Å². The Bertz CT molecular complexity index is 1270. The maximum Gasteiger partial charge on any atom is 0.304 e. The number of piperidine rings is 1. The van der Waals surface area contributed by atoms with Gasteiger partial charge in [-0.15, -0.1) is 0 Å². The van der Waals surface area contributed by atoms with Crippen molar-refractivity contribution in [1.29, 1.82) is 0 Å². The number of rotatable bonds is 10. The van der Waals surface area contributed by atoms with Crippen molar-refractivity contribution in [3.05, 3.63) is 69.7 Å². The summed E-state index contributed by atoms with van der Waals surface area (Å²) in [6, 6.07) is 13.1. The lowest BCUT2D eigenvalue weighted by Gasteiger charge is -2.53. The van der Waals surface area contributed by atoms with Gasteiger partial charge in [-0.3, -0.25) is 9.59 Å². The van der Waals surface area contributed by atoms with Crippen molar-refractivity contribution in [2.24, 2.45) is 5.41 Å². The number of benzene rings is 2. The number of carboxylic acid groups (broad SMARTS) is 1. The van der Waals surface area contributed by atoms with Crippen LogP contribution < -0.4 is 0 Å². The van der Waals surface area contributed by atoms with Gasteiger partial charge in [-0.1, -0.05) is 61.3 Å². The Labute approximate surface area is 235 Å². The van der Waals surface area contributed by atoms with Gasteiger partial charge in [0.2, 0.25) is 15.9 Å². The molecule has 0 spiro atoms. The molecule has 0 radical (unpaired) electrons. The molecular formula is C28H36Cl2N2O5S. The van der Waals surface area contributed by atoms with Crippen molar-refractivity contribution in [3.63, 3.8) is 0 Å². The highest BCUT2D eigenvalue weighted by Crippen LogP contribution is 2.52. The zero-order chi connectivity index (χ0) is 28.4. The molecule has 10 heteroatoms. The largest absolute Gasteiger partial charge is 0.481 e. The van der Waals surface area contributed by atoms with E-state index in [2.05, 4.69) is 0 Å². The van der Waals surface area contributed by atoms with Gasteiger partial charge in [0.25, 0.3) is 0 Å². The van der Waals surface area contributed by atoms with Crippen LogP contribution in [-0.2, 0) is 19.6 Å². The Balaban J connectivity index is 2.28. The number of sulfonamides is 1. The molecule has 5 unspecified atom stereocenters. The summed E-state index contributed by atoms with van der Waals surface area (Å²) in [5.74, 6) is -1.74. The summed E-state index contributed by atoms with van der Waals surface area (Å²) in [5, 5.41) is 10.9. The predicted octanol–water partition coefficient (Wildman–Crippen LogP) is 5.98. The van der Waals surface area contributed by atoms with Crippen LogP contribution in [0.3, 0.4) is 0 Å². The van der Waals surface area contributed by atoms with Gasteiger partial charge in [0, 0.05) is 35.1 Å². The molecule has 1 saturated heterocycles. The lowest BCUT2D eigenvalue weighted by molar-refractivity contribution is -0.161. The number of nitrogens with zero attached hydrogens (tertiary/aromatic N) is 2. The van der Waals surface area contributed by atoms with E-state index in [0.29, 0.717) is 16.5 Å².